The van der Waals surface area contributed by atoms with Gasteiger partial charge in [0.05, 0.1) is 35.9 Å². The van der Waals surface area contributed by atoms with Gasteiger partial charge in [-0.3, -0.25) is 24.3 Å². The summed E-state index contributed by atoms with van der Waals surface area (Å²) in [5.74, 6) is -0.407. The zero-order valence-corrected chi connectivity index (χ0v) is 33.4. The number of carboxylic acids is 1. The second-order valence-corrected chi connectivity index (χ2v) is 15.4. The minimum atomic E-state index is -1.01. The van der Waals surface area contributed by atoms with Gasteiger partial charge in [0.15, 0.2) is 0 Å². The quantitative estimate of drug-likeness (QED) is 0.130. The highest BCUT2D eigenvalue weighted by Crippen LogP contribution is 2.42. The molecule has 6 rings (SSSR count). The Labute approximate surface area is 333 Å². The van der Waals surface area contributed by atoms with Crippen LogP contribution in [0.5, 0.6) is 5.88 Å². The number of ether oxygens (including phenoxy) is 2. The van der Waals surface area contributed by atoms with E-state index in [0.717, 1.165) is 0 Å². The molecular weight excluding hydrogens is 761 g/mol. The molecule has 294 valence electrons. The molecule has 1 unspecified atom stereocenters. The molecule has 1 aliphatic rings. The van der Waals surface area contributed by atoms with Gasteiger partial charge in [0.1, 0.15) is 23.0 Å². The fourth-order valence-electron chi connectivity index (χ4n) is 6.44. The molecule has 56 heavy (non-hydrogen) atoms. The van der Waals surface area contributed by atoms with Crippen LogP contribution >= 0.6 is 23.2 Å². The van der Waals surface area contributed by atoms with Crippen LogP contribution < -0.4 is 20.9 Å². The lowest BCUT2D eigenvalue weighted by Gasteiger charge is -2.29. The lowest BCUT2D eigenvalue weighted by molar-refractivity contribution is -0.139. The van der Waals surface area contributed by atoms with Gasteiger partial charge in [-0.05, 0) is 52.3 Å². The first kappa shape index (κ1) is 40.2. The summed E-state index contributed by atoms with van der Waals surface area (Å²) in [5.41, 5.74) is 3.67. The Kier molecular flexibility index (Phi) is 11.7. The molecule has 16 heteroatoms. The van der Waals surface area contributed by atoms with E-state index in [1.165, 1.54) is 23.1 Å². The molecule has 2 atom stereocenters. The van der Waals surface area contributed by atoms with Crippen molar-refractivity contribution in [2.45, 2.75) is 71.3 Å². The van der Waals surface area contributed by atoms with E-state index in [1.54, 1.807) is 51.0 Å². The molecule has 0 spiro atoms. The summed E-state index contributed by atoms with van der Waals surface area (Å²) in [4.78, 5) is 56.1. The van der Waals surface area contributed by atoms with E-state index in [-0.39, 0.29) is 37.1 Å². The standard InChI is InChI=1S/C40H43Cl2N7O7/c1-22(38(52)53)43-18-32-46-49-20-24(17-31(49)37(51)47(32)5)26-9-7-10-27(34(26)41)28-11-8-12-29(35(28)42)30-15-13-23(36(45-30)55-6)19-48(39(54)56-40(2,3)4)21-25-14-16-33(50)44-25/h7-13,15,17,20,22,25,43H,14,16,18-19,21H2,1-6H3,(H,44,50)(H,52,53)/t22?,25-/m0/s1. The summed E-state index contributed by atoms with van der Waals surface area (Å²) in [6.45, 7) is 7.37. The Morgan fingerprint density at radius 1 is 1.05 bits per heavy atom. The van der Waals surface area contributed by atoms with Crippen LogP contribution in [0.1, 0.15) is 51.9 Å². The summed E-state index contributed by atoms with van der Waals surface area (Å²) in [7, 11) is 3.09. The second-order valence-electron chi connectivity index (χ2n) is 14.6. The molecule has 0 saturated carbocycles. The number of benzene rings is 2. The fourth-order valence-corrected chi connectivity index (χ4v) is 7.10. The van der Waals surface area contributed by atoms with Crippen molar-refractivity contribution in [1.29, 1.82) is 0 Å². The van der Waals surface area contributed by atoms with Crippen molar-refractivity contribution >= 4 is 46.7 Å². The molecular formula is C40H43Cl2N7O7. The van der Waals surface area contributed by atoms with E-state index < -0.39 is 23.7 Å². The predicted octanol–water partition coefficient (Wildman–Crippen LogP) is 6.32. The van der Waals surface area contributed by atoms with Crippen LogP contribution in [0, 0.1) is 0 Å². The van der Waals surface area contributed by atoms with Crippen LogP contribution in [0.3, 0.4) is 0 Å². The summed E-state index contributed by atoms with van der Waals surface area (Å²) < 4.78 is 14.3. The van der Waals surface area contributed by atoms with Gasteiger partial charge in [0.2, 0.25) is 11.8 Å². The molecule has 1 fully saturated rings. The van der Waals surface area contributed by atoms with Crippen molar-refractivity contribution in [1.82, 2.24) is 34.7 Å². The molecule has 3 aromatic heterocycles. The fraction of sp³-hybridized carbons (Fsp3) is 0.350. The van der Waals surface area contributed by atoms with E-state index in [2.05, 4.69) is 15.7 Å². The molecule has 5 aromatic rings. The maximum absolute atomic E-state index is 13.3. The van der Waals surface area contributed by atoms with Gasteiger partial charge in [-0.25, -0.2) is 14.3 Å². The number of amides is 2. The number of aromatic nitrogens is 4. The van der Waals surface area contributed by atoms with Crippen LogP contribution in [-0.2, 0) is 34.5 Å². The number of carboxylic acid groups (broad SMARTS) is 1. The number of pyridine rings is 1. The predicted molar refractivity (Wildman–Crippen MR) is 213 cm³/mol. The number of carbonyl (C=O) groups is 3. The van der Waals surface area contributed by atoms with Gasteiger partial charge in [-0.1, -0.05) is 59.6 Å². The van der Waals surface area contributed by atoms with Gasteiger partial charge in [-0.15, -0.1) is 0 Å². The van der Waals surface area contributed by atoms with E-state index in [4.69, 9.17) is 37.7 Å². The average Bonchev–Trinajstić information content (AvgIpc) is 3.77. The molecule has 3 N–H and O–H groups in total. The highest BCUT2D eigenvalue weighted by Gasteiger charge is 2.29. The third kappa shape index (κ3) is 8.67. The highest BCUT2D eigenvalue weighted by atomic mass is 35.5. The molecule has 1 saturated heterocycles. The lowest BCUT2D eigenvalue weighted by Crippen LogP contribution is -2.43. The van der Waals surface area contributed by atoms with Crippen molar-refractivity contribution in [2.75, 3.05) is 13.7 Å². The summed E-state index contributed by atoms with van der Waals surface area (Å²) in [5, 5.41) is 20.4. The summed E-state index contributed by atoms with van der Waals surface area (Å²) in [6.07, 6.45) is 2.21. The Morgan fingerprint density at radius 2 is 1.71 bits per heavy atom. The number of rotatable bonds is 12. The maximum Gasteiger partial charge on any atom is 0.410 e. The zero-order chi connectivity index (χ0) is 40.5. The normalized spacial score (nSPS) is 14.8. The third-order valence-electron chi connectivity index (χ3n) is 9.42. The van der Waals surface area contributed by atoms with Crippen LogP contribution in [-0.4, -0.2) is 78.5 Å². The van der Waals surface area contributed by atoms with E-state index >= 15 is 0 Å². The van der Waals surface area contributed by atoms with Crippen molar-refractivity contribution in [2.24, 2.45) is 7.05 Å². The Morgan fingerprint density at radius 3 is 2.34 bits per heavy atom. The van der Waals surface area contributed by atoms with E-state index in [0.29, 0.717) is 79.2 Å². The van der Waals surface area contributed by atoms with Gasteiger partial charge in [0, 0.05) is 65.6 Å². The maximum atomic E-state index is 13.3. The number of methoxy groups -OCH3 is 1. The first-order valence-electron chi connectivity index (χ1n) is 18.0. The van der Waals surface area contributed by atoms with Crippen LogP contribution in [0.2, 0.25) is 10.0 Å². The number of carbonyl (C=O) groups excluding carboxylic acids is 2. The third-order valence-corrected chi connectivity index (χ3v) is 10.2. The number of nitrogens with zero attached hydrogens (tertiary/aromatic N) is 5. The van der Waals surface area contributed by atoms with Crippen LogP contribution in [0.4, 0.5) is 4.79 Å². The molecule has 2 aromatic carbocycles. The van der Waals surface area contributed by atoms with E-state index in [9.17, 15) is 24.3 Å². The molecule has 1 aliphatic heterocycles. The number of nitrogens with one attached hydrogen (secondary N) is 2. The largest absolute Gasteiger partial charge is 0.481 e. The number of hydrogen-bond donors (Lipinski definition) is 3. The minimum Gasteiger partial charge on any atom is -0.481 e. The average molecular weight is 805 g/mol. The zero-order valence-electron chi connectivity index (χ0n) is 31.9. The van der Waals surface area contributed by atoms with Gasteiger partial charge in [-0.2, -0.15) is 5.10 Å². The molecule has 0 bridgehead atoms. The summed E-state index contributed by atoms with van der Waals surface area (Å²) in [6, 6.07) is 15.4. The summed E-state index contributed by atoms with van der Waals surface area (Å²) >= 11 is 14.2. The van der Waals surface area contributed by atoms with Gasteiger partial charge in [0.25, 0.3) is 5.56 Å². The molecule has 4 heterocycles. The first-order chi connectivity index (χ1) is 26.5. The number of hydrogen-bond acceptors (Lipinski definition) is 9. The van der Waals surface area contributed by atoms with Crippen LogP contribution in [0.15, 0.2) is 65.6 Å². The first-order valence-corrected chi connectivity index (χ1v) is 18.7. The van der Waals surface area contributed by atoms with Crippen molar-refractivity contribution in [3.05, 3.63) is 92.6 Å². The monoisotopic (exact) mass is 803 g/mol. The molecule has 2 amide bonds. The second kappa shape index (κ2) is 16.3. The Balaban J connectivity index is 1.30. The smallest absolute Gasteiger partial charge is 0.410 e. The topological polar surface area (TPSA) is 169 Å². The van der Waals surface area contributed by atoms with Crippen molar-refractivity contribution in [3.8, 4) is 39.4 Å². The van der Waals surface area contributed by atoms with Gasteiger partial charge < -0.3 is 24.8 Å². The van der Waals surface area contributed by atoms with Crippen LogP contribution in [0.25, 0.3) is 39.0 Å². The number of fused-ring (bicyclic) bond motifs is 1. The highest BCUT2D eigenvalue weighted by molar-refractivity contribution is 6.39. The molecule has 0 radical (unpaired) electrons. The number of halogens is 2. The van der Waals surface area contributed by atoms with Crippen molar-refractivity contribution < 1.29 is 29.0 Å². The lowest BCUT2D eigenvalue weighted by atomic mass is 9.97. The Bertz CT molecular complexity index is 2390. The van der Waals surface area contributed by atoms with Crippen molar-refractivity contribution in [3.63, 3.8) is 0 Å². The molecule has 14 nitrogen and oxygen atoms in total. The van der Waals surface area contributed by atoms with E-state index in [1.807, 2.05) is 42.5 Å². The van der Waals surface area contributed by atoms with Gasteiger partial charge >= 0.3 is 12.1 Å². The Hall–Kier alpha value is -5.44. The number of aliphatic carboxylic acids is 1. The molecule has 0 aliphatic carbocycles. The SMILES string of the molecule is COc1nc(-c2cccc(-c3cccc(-c4cc5c(=O)n(C)c(CNC(C)C(=O)O)nn5c4)c3Cl)c2Cl)ccc1CN(C[C@@H]1CCC(=O)N1)C(=O)OC(C)(C)C. The minimum absolute atomic E-state index is 0.0492.